The number of hydrogen-bond donors (Lipinski definition) is 1. The van der Waals surface area contributed by atoms with Crippen molar-refractivity contribution in [1.29, 1.82) is 0 Å². The van der Waals surface area contributed by atoms with E-state index in [1.165, 1.54) is 12.5 Å². The third-order valence-electron chi connectivity index (χ3n) is 5.61. The monoisotopic (exact) mass is 359 g/mol. The van der Waals surface area contributed by atoms with Gasteiger partial charge in [0.2, 0.25) is 5.91 Å². The average Bonchev–Trinajstić information content (AvgIpc) is 3.30. The molecule has 138 valence electrons. The van der Waals surface area contributed by atoms with Crippen LogP contribution in [0.4, 0.5) is 8.78 Å². The summed E-state index contributed by atoms with van der Waals surface area (Å²) >= 11 is 0. The predicted octanol–water partition coefficient (Wildman–Crippen LogP) is 4.07. The van der Waals surface area contributed by atoms with Crippen LogP contribution in [-0.2, 0) is 17.8 Å². The Bertz CT molecular complexity index is 832. The van der Waals surface area contributed by atoms with Gasteiger partial charge in [-0.1, -0.05) is 19.8 Å². The van der Waals surface area contributed by atoms with E-state index >= 15 is 0 Å². The summed E-state index contributed by atoms with van der Waals surface area (Å²) in [6.07, 6.45) is 5.20. The summed E-state index contributed by atoms with van der Waals surface area (Å²) in [6.45, 7) is 3.34. The fourth-order valence-electron chi connectivity index (χ4n) is 3.94. The number of aromatic amines is 1. The van der Waals surface area contributed by atoms with Crippen LogP contribution in [0, 0.1) is 23.5 Å². The van der Waals surface area contributed by atoms with Crippen LogP contribution in [0.5, 0.6) is 0 Å². The fraction of sp³-hybridized carbons (Fsp3) is 0.500. The van der Waals surface area contributed by atoms with E-state index in [9.17, 15) is 13.6 Å². The predicted molar refractivity (Wildman–Crippen MR) is 94.2 cm³/mol. The van der Waals surface area contributed by atoms with Crippen LogP contribution in [0.3, 0.4) is 0 Å². The number of unbranched alkanes of at least 4 members (excludes halogenated alkanes) is 1. The summed E-state index contributed by atoms with van der Waals surface area (Å²) in [4.78, 5) is 14.7. The Morgan fingerprint density at radius 3 is 2.96 bits per heavy atom. The molecule has 1 aliphatic heterocycles. The summed E-state index contributed by atoms with van der Waals surface area (Å²) in [5.41, 5.74) is 3.03. The molecule has 2 aliphatic rings. The quantitative estimate of drug-likeness (QED) is 0.875. The molecule has 0 unspecified atom stereocenters. The van der Waals surface area contributed by atoms with E-state index in [0.717, 1.165) is 42.7 Å². The number of rotatable bonds is 5. The highest BCUT2D eigenvalue weighted by molar-refractivity contribution is 5.82. The number of carbonyl (C=O) groups is 1. The number of halogens is 2. The molecule has 1 amide bonds. The van der Waals surface area contributed by atoms with Crippen LogP contribution in [0.15, 0.2) is 18.2 Å². The normalized spacial score (nSPS) is 21.6. The number of aromatic nitrogens is 2. The lowest BCUT2D eigenvalue weighted by Crippen LogP contribution is -2.37. The average molecular weight is 359 g/mol. The molecule has 1 N–H and O–H groups in total. The molecule has 6 heteroatoms. The second kappa shape index (κ2) is 6.82. The van der Waals surface area contributed by atoms with E-state index < -0.39 is 11.6 Å². The van der Waals surface area contributed by atoms with Crippen LogP contribution >= 0.6 is 0 Å². The Balaban J connectivity index is 1.51. The van der Waals surface area contributed by atoms with Gasteiger partial charge in [0, 0.05) is 42.2 Å². The van der Waals surface area contributed by atoms with Crippen LogP contribution in [0.2, 0.25) is 0 Å². The zero-order valence-electron chi connectivity index (χ0n) is 14.9. The highest BCUT2D eigenvalue weighted by Gasteiger charge is 2.44. The number of carbonyl (C=O) groups excluding carboxylic acids is 1. The molecule has 1 aromatic heterocycles. The van der Waals surface area contributed by atoms with Crippen LogP contribution in [0.25, 0.3) is 11.3 Å². The van der Waals surface area contributed by atoms with Crippen molar-refractivity contribution >= 4 is 5.91 Å². The molecule has 0 spiro atoms. The Morgan fingerprint density at radius 2 is 2.19 bits per heavy atom. The van der Waals surface area contributed by atoms with Crippen molar-refractivity contribution in [1.82, 2.24) is 15.1 Å². The Kier molecular flexibility index (Phi) is 4.51. The zero-order valence-corrected chi connectivity index (χ0v) is 14.9. The summed E-state index contributed by atoms with van der Waals surface area (Å²) in [5, 5.41) is 7.29. The molecule has 2 atom stereocenters. The first-order valence-corrected chi connectivity index (χ1v) is 9.38. The molecule has 1 fully saturated rings. The standard InChI is InChI=1S/C20H23F2N3O/c1-2-3-4-12-9-14(12)20(26)25-8-7-18-15(11-25)19(24-23-18)13-5-6-16(21)17(22)10-13/h5-6,10,12,14H,2-4,7-9,11H2,1H3,(H,23,24)/t12-,14+/m1/s1. The van der Waals surface area contributed by atoms with Gasteiger partial charge in [-0.3, -0.25) is 9.89 Å². The molecule has 2 aromatic rings. The first-order valence-electron chi connectivity index (χ1n) is 9.38. The first kappa shape index (κ1) is 17.2. The van der Waals surface area contributed by atoms with Gasteiger partial charge >= 0.3 is 0 Å². The molecule has 1 saturated carbocycles. The van der Waals surface area contributed by atoms with Crippen molar-refractivity contribution in [3.63, 3.8) is 0 Å². The maximum absolute atomic E-state index is 13.6. The highest BCUT2D eigenvalue weighted by atomic mass is 19.2. The summed E-state index contributed by atoms with van der Waals surface area (Å²) in [5.74, 6) is -0.823. The van der Waals surface area contributed by atoms with Gasteiger partial charge < -0.3 is 4.90 Å². The van der Waals surface area contributed by atoms with Crippen molar-refractivity contribution in [2.24, 2.45) is 11.8 Å². The number of nitrogens with one attached hydrogen (secondary N) is 1. The molecular formula is C20H23F2N3O. The second-order valence-corrected chi connectivity index (χ2v) is 7.41. The zero-order chi connectivity index (χ0) is 18.3. The third-order valence-corrected chi connectivity index (χ3v) is 5.61. The maximum atomic E-state index is 13.6. The topological polar surface area (TPSA) is 49.0 Å². The van der Waals surface area contributed by atoms with Crippen LogP contribution < -0.4 is 0 Å². The highest BCUT2D eigenvalue weighted by Crippen LogP contribution is 2.44. The lowest BCUT2D eigenvalue weighted by Gasteiger charge is -2.27. The van der Waals surface area contributed by atoms with E-state index in [4.69, 9.17) is 0 Å². The number of benzene rings is 1. The van der Waals surface area contributed by atoms with Gasteiger partial charge in [0.25, 0.3) is 0 Å². The Hall–Kier alpha value is -2.24. The smallest absolute Gasteiger partial charge is 0.226 e. The maximum Gasteiger partial charge on any atom is 0.226 e. The minimum atomic E-state index is -0.889. The third kappa shape index (κ3) is 3.13. The SMILES string of the molecule is CCCC[C@@H]1C[C@@H]1C(=O)N1CCc2[nH]nc(-c3ccc(F)c(F)c3)c2C1. The van der Waals surface area contributed by atoms with Crippen molar-refractivity contribution in [2.75, 3.05) is 6.54 Å². The van der Waals surface area contributed by atoms with Gasteiger partial charge in [-0.05, 0) is 37.0 Å². The molecule has 0 bridgehead atoms. The van der Waals surface area contributed by atoms with E-state index in [0.29, 0.717) is 36.7 Å². The lowest BCUT2D eigenvalue weighted by molar-refractivity contribution is -0.133. The summed E-state index contributed by atoms with van der Waals surface area (Å²) < 4.78 is 26.8. The van der Waals surface area contributed by atoms with E-state index in [1.54, 1.807) is 0 Å². The number of fused-ring (bicyclic) bond motifs is 1. The number of nitrogens with zero attached hydrogens (tertiary/aromatic N) is 2. The lowest BCUT2D eigenvalue weighted by atomic mass is 10.0. The van der Waals surface area contributed by atoms with E-state index in [-0.39, 0.29) is 11.8 Å². The second-order valence-electron chi connectivity index (χ2n) is 7.41. The Labute approximate surface area is 151 Å². The number of hydrogen-bond acceptors (Lipinski definition) is 2. The van der Waals surface area contributed by atoms with Gasteiger partial charge in [0.05, 0.1) is 5.69 Å². The summed E-state index contributed by atoms with van der Waals surface area (Å²) in [7, 11) is 0. The largest absolute Gasteiger partial charge is 0.338 e. The Morgan fingerprint density at radius 1 is 1.35 bits per heavy atom. The van der Waals surface area contributed by atoms with Crippen LogP contribution in [0.1, 0.15) is 43.9 Å². The number of H-pyrrole nitrogens is 1. The molecule has 0 saturated heterocycles. The molecule has 1 aromatic carbocycles. The summed E-state index contributed by atoms with van der Waals surface area (Å²) in [6, 6.07) is 3.80. The minimum absolute atomic E-state index is 0.168. The van der Waals surface area contributed by atoms with Gasteiger partial charge in [-0.15, -0.1) is 0 Å². The molecule has 2 heterocycles. The molecule has 1 aliphatic carbocycles. The van der Waals surface area contributed by atoms with Gasteiger partial charge in [0.1, 0.15) is 0 Å². The van der Waals surface area contributed by atoms with Gasteiger partial charge in [-0.25, -0.2) is 8.78 Å². The molecule has 4 nitrogen and oxygen atoms in total. The number of amides is 1. The molecule has 26 heavy (non-hydrogen) atoms. The van der Waals surface area contributed by atoms with Crippen molar-refractivity contribution in [3.8, 4) is 11.3 Å². The van der Waals surface area contributed by atoms with Crippen molar-refractivity contribution < 1.29 is 13.6 Å². The van der Waals surface area contributed by atoms with Crippen molar-refractivity contribution in [3.05, 3.63) is 41.1 Å². The van der Waals surface area contributed by atoms with Gasteiger partial charge in [0.15, 0.2) is 11.6 Å². The molecule has 4 rings (SSSR count). The van der Waals surface area contributed by atoms with E-state index in [2.05, 4.69) is 17.1 Å². The molecule has 0 radical (unpaired) electrons. The van der Waals surface area contributed by atoms with E-state index in [1.807, 2.05) is 4.90 Å². The molecular weight excluding hydrogens is 336 g/mol. The van der Waals surface area contributed by atoms with Crippen molar-refractivity contribution in [2.45, 2.75) is 45.6 Å². The van der Waals surface area contributed by atoms with Gasteiger partial charge in [-0.2, -0.15) is 5.10 Å². The van der Waals surface area contributed by atoms with Crippen LogP contribution in [-0.4, -0.2) is 27.5 Å². The fourth-order valence-corrected chi connectivity index (χ4v) is 3.94. The first-order chi connectivity index (χ1) is 12.6. The minimum Gasteiger partial charge on any atom is -0.338 e.